The Hall–Kier alpha value is -2.98. The Labute approximate surface area is 559 Å². The second-order valence-corrected chi connectivity index (χ2v) is 27.9. The number of aliphatic hydroxyl groups is 1. The predicted octanol–water partition coefficient (Wildman–Crippen LogP) is 20.6. The summed E-state index contributed by atoms with van der Waals surface area (Å²) in [5, 5.41) is 10.6. The Balaban J connectivity index is 5.22. The van der Waals surface area contributed by atoms with Crippen LogP contribution in [-0.4, -0.2) is 96.7 Å². The largest absolute Gasteiger partial charge is 0.472 e. The van der Waals surface area contributed by atoms with Crippen LogP contribution in [0.1, 0.15) is 336 Å². The van der Waals surface area contributed by atoms with Gasteiger partial charge in [0.05, 0.1) is 26.4 Å². The molecule has 0 rings (SSSR count). The van der Waals surface area contributed by atoms with Gasteiger partial charge in [-0.15, -0.1) is 0 Å². The van der Waals surface area contributed by atoms with E-state index in [1.807, 2.05) is 0 Å². The normalized spacial score (nSPS) is 14.3. The van der Waals surface area contributed by atoms with Crippen molar-refractivity contribution in [3.8, 4) is 0 Å². The molecule has 0 heterocycles. The zero-order valence-electron chi connectivity index (χ0n) is 58.5. The van der Waals surface area contributed by atoms with Crippen molar-refractivity contribution in [3.05, 3.63) is 48.6 Å². The SMILES string of the molecule is CCCCCC/C=C\C=C/CCCCCCCC(=O)OC[C@H](COP(=O)(O)OC[C@@H](O)COP(=O)(O)OC[C@@H](COC(=O)CCCCCCC)OC(=O)CCCCCCC/C=C\C=C/CCCCCC)OC(=O)CCCCCCCCCCCCCCCCCCC. The minimum Gasteiger partial charge on any atom is -0.462 e. The Morgan fingerprint density at radius 1 is 0.304 bits per heavy atom. The molecule has 19 heteroatoms. The van der Waals surface area contributed by atoms with Gasteiger partial charge in [-0.2, -0.15) is 0 Å². The molecular weight excluding hydrogens is 1210 g/mol. The van der Waals surface area contributed by atoms with Gasteiger partial charge in [0, 0.05) is 25.7 Å². The van der Waals surface area contributed by atoms with E-state index in [0.29, 0.717) is 25.7 Å². The molecule has 3 N–H and O–H groups in total. The third-order valence-corrected chi connectivity index (χ3v) is 17.8. The van der Waals surface area contributed by atoms with Crippen molar-refractivity contribution in [1.82, 2.24) is 0 Å². The average Bonchev–Trinajstić information content (AvgIpc) is 2.90. The van der Waals surface area contributed by atoms with E-state index in [9.17, 15) is 43.2 Å². The van der Waals surface area contributed by atoms with Crippen LogP contribution in [0.25, 0.3) is 0 Å². The van der Waals surface area contributed by atoms with E-state index < -0.39 is 97.5 Å². The highest BCUT2D eigenvalue weighted by atomic mass is 31.2. The van der Waals surface area contributed by atoms with Crippen LogP contribution in [0.15, 0.2) is 48.6 Å². The fourth-order valence-corrected chi connectivity index (χ4v) is 11.7. The summed E-state index contributed by atoms with van der Waals surface area (Å²) in [5.74, 6) is -2.19. The molecule has 17 nitrogen and oxygen atoms in total. The van der Waals surface area contributed by atoms with Gasteiger partial charge < -0.3 is 33.8 Å². The van der Waals surface area contributed by atoms with E-state index >= 15 is 0 Å². The number of hydrogen-bond acceptors (Lipinski definition) is 15. The van der Waals surface area contributed by atoms with Gasteiger partial charge in [0.2, 0.25) is 0 Å². The van der Waals surface area contributed by atoms with Crippen LogP contribution in [0.2, 0.25) is 0 Å². The first-order chi connectivity index (χ1) is 44.7. The number of aliphatic hydroxyl groups excluding tert-OH is 1. The maximum Gasteiger partial charge on any atom is 0.472 e. The van der Waals surface area contributed by atoms with E-state index in [4.69, 9.17) is 37.0 Å². The molecule has 0 bridgehead atoms. The van der Waals surface area contributed by atoms with E-state index in [2.05, 4.69) is 76.3 Å². The summed E-state index contributed by atoms with van der Waals surface area (Å²) in [6.07, 6.45) is 61.6. The molecule has 0 radical (unpaired) electrons. The zero-order chi connectivity index (χ0) is 67.5. The molecule has 0 saturated heterocycles. The quantitative estimate of drug-likeness (QED) is 0.0169. The van der Waals surface area contributed by atoms with Crippen molar-refractivity contribution in [2.24, 2.45) is 0 Å². The number of esters is 4. The number of rotatable bonds is 70. The molecular formula is C73H134O17P2. The Bertz CT molecular complexity index is 1940. The minimum absolute atomic E-state index is 0.0821. The van der Waals surface area contributed by atoms with Crippen LogP contribution >= 0.6 is 15.6 Å². The van der Waals surface area contributed by atoms with Crippen LogP contribution in [0.5, 0.6) is 0 Å². The van der Waals surface area contributed by atoms with Crippen molar-refractivity contribution in [3.63, 3.8) is 0 Å². The maximum atomic E-state index is 13.0. The third-order valence-electron chi connectivity index (χ3n) is 15.9. The fourth-order valence-electron chi connectivity index (χ4n) is 10.1. The topological polar surface area (TPSA) is 237 Å². The van der Waals surface area contributed by atoms with Crippen molar-refractivity contribution >= 4 is 39.5 Å². The van der Waals surface area contributed by atoms with Gasteiger partial charge in [0.1, 0.15) is 19.3 Å². The summed E-state index contributed by atoms with van der Waals surface area (Å²) in [5.41, 5.74) is 0. The summed E-state index contributed by atoms with van der Waals surface area (Å²) in [4.78, 5) is 72.3. The van der Waals surface area contributed by atoms with E-state index in [0.717, 1.165) is 128 Å². The van der Waals surface area contributed by atoms with Gasteiger partial charge in [-0.05, 0) is 77.0 Å². The van der Waals surface area contributed by atoms with Gasteiger partial charge in [0.25, 0.3) is 0 Å². The second kappa shape index (κ2) is 66.6. The molecule has 0 aliphatic carbocycles. The zero-order valence-corrected chi connectivity index (χ0v) is 60.3. The van der Waals surface area contributed by atoms with Gasteiger partial charge in [0.15, 0.2) is 12.2 Å². The Kier molecular flexibility index (Phi) is 64.5. The summed E-state index contributed by atoms with van der Waals surface area (Å²) >= 11 is 0. The number of allylic oxidation sites excluding steroid dienone is 8. The molecule has 0 saturated carbocycles. The Morgan fingerprint density at radius 3 is 0.793 bits per heavy atom. The maximum absolute atomic E-state index is 13.0. The highest BCUT2D eigenvalue weighted by Gasteiger charge is 2.30. The lowest BCUT2D eigenvalue weighted by molar-refractivity contribution is -0.161. The first-order valence-electron chi connectivity index (χ1n) is 36.9. The van der Waals surface area contributed by atoms with E-state index in [-0.39, 0.29) is 25.7 Å². The van der Waals surface area contributed by atoms with Gasteiger partial charge in [-0.1, -0.05) is 282 Å². The predicted molar refractivity (Wildman–Crippen MR) is 372 cm³/mol. The minimum atomic E-state index is -4.96. The molecule has 0 aliphatic rings. The lowest BCUT2D eigenvalue weighted by Crippen LogP contribution is -2.30. The standard InChI is InChI=1S/C73H134O17P2/c1-5-9-13-17-20-23-26-29-32-33-36-39-42-45-48-52-56-60-73(78)90-69(64-84-71(76)58-54-50-46-43-40-37-34-30-27-24-21-18-14-10-6-2)66-88-92(81,82)86-62-67(74)61-85-91(79,80)87-65-68(63-83-70(75)57-53-49-16-12-8-4)89-72(77)59-55-51-47-44-41-38-35-31-28-25-22-19-15-11-7-3/h24-25,27-28,30-31,34-35,67-69,74H,5-23,26,29,32-33,36-66H2,1-4H3,(H,79,80)(H,81,82)/b27-24-,28-25-,34-30-,35-31-/t67-,68+,69+/m0/s1. The third kappa shape index (κ3) is 65.7. The van der Waals surface area contributed by atoms with Crippen LogP contribution < -0.4 is 0 Å². The number of phosphoric acid groups is 2. The molecule has 0 aliphatic heterocycles. The summed E-state index contributed by atoms with van der Waals surface area (Å²) in [7, 11) is -9.92. The first kappa shape index (κ1) is 89.0. The molecule has 2 unspecified atom stereocenters. The number of hydrogen-bond donors (Lipinski definition) is 3. The number of carbonyl (C=O) groups is 4. The molecule has 0 aromatic rings. The molecule has 0 amide bonds. The second-order valence-electron chi connectivity index (χ2n) is 25.0. The molecule has 0 fully saturated rings. The lowest BCUT2D eigenvalue weighted by atomic mass is 10.0. The van der Waals surface area contributed by atoms with Crippen LogP contribution in [0.4, 0.5) is 0 Å². The Morgan fingerprint density at radius 2 is 0.522 bits per heavy atom. The molecule has 5 atom stereocenters. The smallest absolute Gasteiger partial charge is 0.462 e. The molecule has 92 heavy (non-hydrogen) atoms. The highest BCUT2D eigenvalue weighted by molar-refractivity contribution is 7.47. The van der Waals surface area contributed by atoms with Crippen molar-refractivity contribution in [2.75, 3.05) is 39.6 Å². The monoisotopic (exact) mass is 1340 g/mol. The van der Waals surface area contributed by atoms with Crippen LogP contribution in [-0.2, 0) is 65.4 Å². The van der Waals surface area contributed by atoms with Gasteiger partial charge in [-0.3, -0.25) is 37.3 Å². The number of phosphoric ester groups is 2. The number of unbranched alkanes of at least 4 members (excludes halogenated alkanes) is 38. The van der Waals surface area contributed by atoms with Crippen molar-refractivity contribution < 1.29 is 80.2 Å². The highest BCUT2D eigenvalue weighted by Crippen LogP contribution is 2.45. The fraction of sp³-hybridized carbons (Fsp3) is 0.836. The summed E-state index contributed by atoms with van der Waals surface area (Å²) in [6, 6.07) is 0. The van der Waals surface area contributed by atoms with Crippen LogP contribution in [0.3, 0.4) is 0 Å². The molecule has 0 aromatic heterocycles. The first-order valence-corrected chi connectivity index (χ1v) is 39.9. The number of ether oxygens (including phenoxy) is 4. The van der Waals surface area contributed by atoms with Gasteiger partial charge in [-0.25, -0.2) is 9.13 Å². The summed E-state index contributed by atoms with van der Waals surface area (Å²) in [6.45, 7) is 4.74. The average molecular weight is 1350 g/mol. The summed E-state index contributed by atoms with van der Waals surface area (Å²) < 4.78 is 68.1. The molecule has 0 aromatic carbocycles. The lowest BCUT2D eigenvalue weighted by Gasteiger charge is -2.21. The molecule has 538 valence electrons. The van der Waals surface area contributed by atoms with Crippen molar-refractivity contribution in [2.45, 2.75) is 354 Å². The van der Waals surface area contributed by atoms with E-state index in [1.54, 1.807) is 0 Å². The van der Waals surface area contributed by atoms with Crippen molar-refractivity contribution in [1.29, 1.82) is 0 Å². The van der Waals surface area contributed by atoms with E-state index in [1.165, 1.54) is 128 Å². The number of carbonyl (C=O) groups excluding carboxylic acids is 4. The molecule has 0 spiro atoms. The van der Waals surface area contributed by atoms with Crippen LogP contribution in [0, 0.1) is 0 Å². The van der Waals surface area contributed by atoms with Gasteiger partial charge >= 0.3 is 39.5 Å².